The lowest BCUT2D eigenvalue weighted by atomic mass is 10.1. The summed E-state index contributed by atoms with van der Waals surface area (Å²) in [6.45, 7) is 7.08. The second kappa shape index (κ2) is 5.84. The van der Waals surface area contributed by atoms with Gasteiger partial charge in [-0.05, 0) is 20.8 Å². The molecular formula is C18H22N4O3. The fraction of sp³-hybridized carbons (Fsp3) is 0.500. The number of likely N-dealkylation sites (tertiary alicyclic amines) is 1. The monoisotopic (exact) mass is 342 g/mol. The van der Waals surface area contributed by atoms with Crippen LogP contribution in [0.2, 0.25) is 0 Å². The molecule has 4 rings (SSSR count). The summed E-state index contributed by atoms with van der Waals surface area (Å²) in [5.41, 5.74) is 2.31. The van der Waals surface area contributed by atoms with Crippen LogP contribution in [0.25, 0.3) is 11.3 Å². The molecule has 1 fully saturated rings. The van der Waals surface area contributed by atoms with E-state index >= 15 is 0 Å². The number of carbonyl (C=O) groups excluding carboxylic acids is 1. The summed E-state index contributed by atoms with van der Waals surface area (Å²) in [5, 5.41) is 8.71. The maximum atomic E-state index is 12.3. The van der Waals surface area contributed by atoms with Crippen molar-refractivity contribution in [3.63, 3.8) is 0 Å². The van der Waals surface area contributed by atoms with Gasteiger partial charge < -0.3 is 14.4 Å². The molecule has 132 valence electrons. The molecule has 0 bridgehead atoms. The zero-order chi connectivity index (χ0) is 17.6. The molecule has 0 spiro atoms. The lowest BCUT2D eigenvalue weighted by molar-refractivity contribution is -0.00718. The van der Waals surface area contributed by atoms with Crippen molar-refractivity contribution in [3.8, 4) is 11.3 Å². The summed E-state index contributed by atoms with van der Waals surface area (Å²) in [7, 11) is 0. The molecule has 0 aliphatic carbocycles. The zero-order valence-corrected chi connectivity index (χ0v) is 14.7. The average molecular weight is 342 g/mol. The van der Waals surface area contributed by atoms with Crippen LogP contribution in [0.15, 0.2) is 30.3 Å². The number of rotatable bonds is 1. The third-order valence-electron chi connectivity index (χ3n) is 4.48. The summed E-state index contributed by atoms with van der Waals surface area (Å²) in [6.07, 6.45) is -0.388. The summed E-state index contributed by atoms with van der Waals surface area (Å²) in [4.78, 5) is 14.0. The van der Waals surface area contributed by atoms with E-state index in [0.29, 0.717) is 19.7 Å². The number of nitrogens with zero attached hydrogens (tertiary/aromatic N) is 4. The van der Waals surface area contributed by atoms with Crippen LogP contribution in [0.5, 0.6) is 0 Å². The van der Waals surface area contributed by atoms with E-state index in [1.54, 1.807) is 4.90 Å². The molecule has 2 aliphatic heterocycles. The Labute approximate surface area is 146 Å². The van der Waals surface area contributed by atoms with E-state index < -0.39 is 5.60 Å². The fourth-order valence-electron chi connectivity index (χ4n) is 3.35. The van der Waals surface area contributed by atoms with Crippen molar-refractivity contribution in [1.82, 2.24) is 19.9 Å². The number of ether oxygens (including phenoxy) is 2. The van der Waals surface area contributed by atoms with Gasteiger partial charge >= 0.3 is 6.09 Å². The van der Waals surface area contributed by atoms with Gasteiger partial charge in [0.05, 0.1) is 31.0 Å². The van der Waals surface area contributed by atoms with Gasteiger partial charge in [0.1, 0.15) is 11.3 Å². The molecule has 7 heteroatoms. The van der Waals surface area contributed by atoms with Crippen LogP contribution in [-0.4, -0.2) is 50.8 Å². The minimum atomic E-state index is -0.509. The number of amides is 1. The number of benzene rings is 1. The Morgan fingerprint density at radius 3 is 2.72 bits per heavy atom. The van der Waals surface area contributed by atoms with E-state index in [-0.39, 0.29) is 18.2 Å². The van der Waals surface area contributed by atoms with Gasteiger partial charge in [-0.15, -0.1) is 5.10 Å². The van der Waals surface area contributed by atoms with Crippen molar-refractivity contribution in [2.24, 2.45) is 0 Å². The van der Waals surface area contributed by atoms with E-state index in [1.165, 1.54) is 0 Å². The van der Waals surface area contributed by atoms with Gasteiger partial charge in [-0.25, -0.2) is 9.48 Å². The predicted octanol–water partition coefficient (Wildman–Crippen LogP) is 2.64. The number of fused-ring (bicyclic) bond motifs is 3. The number of aromatic nitrogens is 3. The molecule has 7 nitrogen and oxygen atoms in total. The standard InChI is InChI=1S/C18H22N4O3/c1-18(2,3)25-17(23)21-9-13-15(10-21)24-11-14-16(19-20-22(13)14)12-7-5-4-6-8-12/h4-8,13,15H,9-11H2,1-3H3/t13?,15-/m0/s1. The van der Waals surface area contributed by atoms with Gasteiger partial charge in [0.25, 0.3) is 0 Å². The van der Waals surface area contributed by atoms with E-state index in [1.807, 2.05) is 55.8 Å². The van der Waals surface area contributed by atoms with Gasteiger partial charge in [-0.2, -0.15) is 0 Å². The molecule has 0 saturated carbocycles. The first-order valence-electron chi connectivity index (χ1n) is 8.51. The number of hydrogen-bond acceptors (Lipinski definition) is 5. The molecule has 1 unspecified atom stereocenters. The number of carbonyl (C=O) groups is 1. The molecule has 1 aromatic heterocycles. The second-order valence-corrected chi connectivity index (χ2v) is 7.50. The largest absolute Gasteiger partial charge is 0.444 e. The highest BCUT2D eigenvalue weighted by Crippen LogP contribution is 2.34. The zero-order valence-electron chi connectivity index (χ0n) is 14.7. The van der Waals surface area contributed by atoms with Crippen LogP contribution >= 0.6 is 0 Å². The smallest absolute Gasteiger partial charge is 0.410 e. The summed E-state index contributed by atoms with van der Waals surface area (Å²) >= 11 is 0. The molecule has 0 radical (unpaired) electrons. The Kier molecular flexibility index (Phi) is 3.76. The predicted molar refractivity (Wildman–Crippen MR) is 90.9 cm³/mol. The number of hydrogen-bond donors (Lipinski definition) is 0. The van der Waals surface area contributed by atoms with Crippen LogP contribution in [0.4, 0.5) is 4.79 Å². The minimum Gasteiger partial charge on any atom is -0.444 e. The molecule has 2 atom stereocenters. The Hall–Kier alpha value is -2.41. The van der Waals surface area contributed by atoms with E-state index in [4.69, 9.17) is 9.47 Å². The molecule has 2 aromatic rings. The Balaban J connectivity index is 1.57. The van der Waals surface area contributed by atoms with Gasteiger partial charge in [0, 0.05) is 12.1 Å². The SMILES string of the molecule is CC(C)(C)OC(=O)N1CC2[C@H](C1)OCc1c(-c3ccccc3)nnn12. The summed E-state index contributed by atoms with van der Waals surface area (Å²) in [5.74, 6) is 0. The highest BCUT2D eigenvalue weighted by Gasteiger charge is 2.43. The maximum Gasteiger partial charge on any atom is 0.410 e. The van der Waals surface area contributed by atoms with E-state index in [9.17, 15) is 4.79 Å². The van der Waals surface area contributed by atoms with Crippen LogP contribution in [-0.2, 0) is 16.1 Å². The molecule has 2 aliphatic rings. The average Bonchev–Trinajstić information content (AvgIpc) is 3.17. The van der Waals surface area contributed by atoms with Crippen LogP contribution < -0.4 is 0 Å². The molecular weight excluding hydrogens is 320 g/mol. The van der Waals surface area contributed by atoms with E-state index in [0.717, 1.165) is 17.0 Å². The van der Waals surface area contributed by atoms with Crippen LogP contribution in [0.3, 0.4) is 0 Å². The third kappa shape index (κ3) is 3.00. The van der Waals surface area contributed by atoms with Crippen molar-refractivity contribution >= 4 is 6.09 Å². The quantitative estimate of drug-likeness (QED) is 0.797. The van der Waals surface area contributed by atoms with Crippen LogP contribution in [0.1, 0.15) is 32.5 Å². The molecule has 1 aromatic carbocycles. The lowest BCUT2D eigenvalue weighted by Gasteiger charge is -2.26. The van der Waals surface area contributed by atoms with Gasteiger partial charge in [0.15, 0.2) is 0 Å². The van der Waals surface area contributed by atoms with Gasteiger partial charge in [0.2, 0.25) is 0 Å². The topological polar surface area (TPSA) is 69.5 Å². The molecule has 3 heterocycles. The normalized spacial score (nSPS) is 22.4. The molecule has 1 amide bonds. The summed E-state index contributed by atoms with van der Waals surface area (Å²) in [6, 6.07) is 9.93. The highest BCUT2D eigenvalue weighted by atomic mass is 16.6. The second-order valence-electron chi connectivity index (χ2n) is 7.50. The first-order valence-corrected chi connectivity index (χ1v) is 8.51. The molecule has 0 N–H and O–H groups in total. The van der Waals surface area contributed by atoms with Crippen molar-refractivity contribution < 1.29 is 14.3 Å². The van der Waals surface area contributed by atoms with Crippen molar-refractivity contribution in [1.29, 1.82) is 0 Å². The first kappa shape index (κ1) is 16.1. The summed E-state index contributed by atoms with van der Waals surface area (Å²) < 4.78 is 13.4. The maximum absolute atomic E-state index is 12.3. The Morgan fingerprint density at radius 2 is 2.00 bits per heavy atom. The lowest BCUT2D eigenvalue weighted by Crippen LogP contribution is -2.36. The van der Waals surface area contributed by atoms with E-state index in [2.05, 4.69) is 10.3 Å². The molecule has 25 heavy (non-hydrogen) atoms. The van der Waals surface area contributed by atoms with Gasteiger partial charge in [-0.1, -0.05) is 35.5 Å². The van der Waals surface area contributed by atoms with Crippen molar-refractivity contribution in [2.45, 2.75) is 45.1 Å². The van der Waals surface area contributed by atoms with Crippen molar-refractivity contribution in [2.75, 3.05) is 13.1 Å². The van der Waals surface area contributed by atoms with Crippen molar-refractivity contribution in [3.05, 3.63) is 36.0 Å². The Bertz CT molecular complexity index is 781. The van der Waals surface area contributed by atoms with Crippen LogP contribution in [0, 0.1) is 0 Å². The Morgan fingerprint density at radius 1 is 1.24 bits per heavy atom. The first-order chi connectivity index (χ1) is 11.9. The van der Waals surface area contributed by atoms with Gasteiger partial charge in [-0.3, -0.25) is 0 Å². The third-order valence-corrected chi connectivity index (χ3v) is 4.48. The fourth-order valence-corrected chi connectivity index (χ4v) is 3.35. The molecule has 1 saturated heterocycles. The highest BCUT2D eigenvalue weighted by molar-refractivity contribution is 5.69. The minimum absolute atomic E-state index is 0.0266.